The molecular weight excluding hydrogens is 300 g/mol. The number of carbonyl (C=O) groups excluding carboxylic acids is 2. The molecule has 1 saturated heterocycles. The molecule has 1 aliphatic heterocycles. The van der Waals surface area contributed by atoms with Gasteiger partial charge in [0, 0.05) is 18.0 Å². The van der Waals surface area contributed by atoms with Crippen LogP contribution in [0.4, 0.5) is 0 Å². The SMILES string of the molecule is CCC(NC(=O)CN1CCCCCC1=O)c1cccc(Cl)c1. The Morgan fingerprint density at radius 1 is 1.36 bits per heavy atom. The summed E-state index contributed by atoms with van der Waals surface area (Å²) in [5.74, 6) is -0.0227. The van der Waals surface area contributed by atoms with E-state index < -0.39 is 0 Å². The minimum atomic E-state index is -0.109. The molecule has 120 valence electrons. The fraction of sp³-hybridized carbons (Fsp3) is 0.529. The molecular formula is C17H23ClN2O2. The van der Waals surface area contributed by atoms with Crippen LogP contribution in [0.1, 0.15) is 50.6 Å². The lowest BCUT2D eigenvalue weighted by Crippen LogP contribution is -2.41. The standard InChI is InChI=1S/C17H23ClN2O2/c1-2-15(13-7-6-8-14(18)11-13)19-16(21)12-20-10-5-3-4-9-17(20)22/h6-8,11,15H,2-5,9-10,12H2,1H3,(H,19,21). The van der Waals surface area contributed by atoms with Crippen molar-refractivity contribution in [3.05, 3.63) is 34.9 Å². The molecule has 5 heteroatoms. The molecule has 2 rings (SSSR count). The topological polar surface area (TPSA) is 49.4 Å². The van der Waals surface area contributed by atoms with Crippen molar-refractivity contribution in [1.82, 2.24) is 10.2 Å². The van der Waals surface area contributed by atoms with Crippen LogP contribution in [-0.2, 0) is 9.59 Å². The summed E-state index contributed by atoms with van der Waals surface area (Å²) in [7, 11) is 0. The second-order valence-electron chi connectivity index (χ2n) is 5.71. The van der Waals surface area contributed by atoms with Gasteiger partial charge < -0.3 is 10.2 Å². The second-order valence-corrected chi connectivity index (χ2v) is 6.15. The van der Waals surface area contributed by atoms with E-state index in [9.17, 15) is 9.59 Å². The van der Waals surface area contributed by atoms with Crippen LogP contribution in [0.3, 0.4) is 0 Å². The fourth-order valence-corrected chi connectivity index (χ4v) is 2.96. The van der Waals surface area contributed by atoms with Crippen LogP contribution < -0.4 is 5.32 Å². The summed E-state index contributed by atoms with van der Waals surface area (Å²) in [5, 5.41) is 3.67. The van der Waals surface area contributed by atoms with Crippen molar-refractivity contribution < 1.29 is 9.59 Å². The largest absolute Gasteiger partial charge is 0.348 e. The van der Waals surface area contributed by atoms with Crippen LogP contribution in [0.5, 0.6) is 0 Å². The number of carbonyl (C=O) groups is 2. The number of amides is 2. The first-order valence-corrected chi connectivity index (χ1v) is 8.30. The molecule has 0 saturated carbocycles. The van der Waals surface area contributed by atoms with Crippen LogP contribution in [0.15, 0.2) is 24.3 Å². The summed E-state index contributed by atoms with van der Waals surface area (Å²) in [6.45, 7) is 2.85. The Bertz CT molecular complexity index is 533. The average Bonchev–Trinajstić information content (AvgIpc) is 2.70. The van der Waals surface area contributed by atoms with E-state index in [0.29, 0.717) is 18.0 Å². The maximum absolute atomic E-state index is 12.3. The zero-order valence-corrected chi connectivity index (χ0v) is 13.7. The van der Waals surface area contributed by atoms with Crippen molar-refractivity contribution in [3.63, 3.8) is 0 Å². The molecule has 1 unspecified atom stereocenters. The average molecular weight is 323 g/mol. The Morgan fingerprint density at radius 2 is 2.18 bits per heavy atom. The summed E-state index contributed by atoms with van der Waals surface area (Å²) in [6.07, 6.45) is 4.30. The minimum absolute atomic E-state index is 0.0757. The van der Waals surface area contributed by atoms with Gasteiger partial charge in [0.15, 0.2) is 0 Å². The van der Waals surface area contributed by atoms with Crippen LogP contribution in [0, 0.1) is 0 Å². The van der Waals surface area contributed by atoms with Crippen molar-refractivity contribution in [1.29, 1.82) is 0 Å². The van der Waals surface area contributed by atoms with Gasteiger partial charge in [0.2, 0.25) is 11.8 Å². The zero-order chi connectivity index (χ0) is 15.9. The Balaban J connectivity index is 1.95. The van der Waals surface area contributed by atoms with Crippen LogP contribution in [0.25, 0.3) is 0 Å². The van der Waals surface area contributed by atoms with Gasteiger partial charge >= 0.3 is 0 Å². The van der Waals surface area contributed by atoms with Crippen molar-refractivity contribution in [2.24, 2.45) is 0 Å². The molecule has 0 radical (unpaired) electrons. The van der Waals surface area contributed by atoms with Crippen LogP contribution in [0.2, 0.25) is 5.02 Å². The van der Waals surface area contributed by atoms with Crippen LogP contribution in [-0.4, -0.2) is 29.8 Å². The minimum Gasteiger partial charge on any atom is -0.348 e. The van der Waals surface area contributed by atoms with E-state index in [2.05, 4.69) is 5.32 Å². The third-order valence-electron chi connectivity index (χ3n) is 4.00. The molecule has 0 aliphatic carbocycles. The zero-order valence-electron chi connectivity index (χ0n) is 13.0. The third kappa shape index (κ3) is 4.73. The molecule has 0 spiro atoms. The fourth-order valence-electron chi connectivity index (χ4n) is 2.76. The van der Waals surface area contributed by atoms with Gasteiger partial charge in [-0.3, -0.25) is 9.59 Å². The first-order chi connectivity index (χ1) is 10.6. The predicted molar refractivity (Wildman–Crippen MR) is 87.7 cm³/mol. The molecule has 1 heterocycles. The Hall–Kier alpha value is -1.55. The first-order valence-electron chi connectivity index (χ1n) is 7.92. The highest BCUT2D eigenvalue weighted by Gasteiger charge is 2.20. The van der Waals surface area contributed by atoms with E-state index >= 15 is 0 Å². The lowest BCUT2D eigenvalue weighted by atomic mass is 10.0. The van der Waals surface area contributed by atoms with Gasteiger partial charge in [0.05, 0.1) is 12.6 Å². The van der Waals surface area contributed by atoms with Gasteiger partial charge in [0.25, 0.3) is 0 Å². The molecule has 1 aromatic rings. The summed E-state index contributed by atoms with van der Waals surface area (Å²) in [6, 6.07) is 7.44. The number of halogens is 1. The summed E-state index contributed by atoms with van der Waals surface area (Å²) in [4.78, 5) is 25.9. The number of hydrogen-bond donors (Lipinski definition) is 1. The summed E-state index contributed by atoms with van der Waals surface area (Å²) in [5.41, 5.74) is 0.991. The number of nitrogens with zero attached hydrogens (tertiary/aromatic N) is 1. The Kier molecular flexibility index (Phi) is 6.25. The molecule has 4 nitrogen and oxygen atoms in total. The molecule has 1 N–H and O–H groups in total. The normalized spacial score (nSPS) is 17.0. The third-order valence-corrected chi connectivity index (χ3v) is 4.24. The second kappa shape index (κ2) is 8.18. The number of benzene rings is 1. The number of likely N-dealkylation sites (tertiary alicyclic amines) is 1. The summed E-state index contributed by atoms with van der Waals surface area (Å²) < 4.78 is 0. The molecule has 2 amide bonds. The van der Waals surface area contributed by atoms with Gasteiger partial charge in [-0.2, -0.15) is 0 Å². The van der Waals surface area contributed by atoms with Crippen molar-refractivity contribution in [3.8, 4) is 0 Å². The highest BCUT2D eigenvalue weighted by Crippen LogP contribution is 2.20. The summed E-state index contributed by atoms with van der Waals surface area (Å²) >= 11 is 6.01. The first kappa shape index (κ1) is 16.8. The maximum atomic E-state index is 12.3. The maximum Gasteiger partial charge on any atom is 0.240 e. The number of rotatable bonds is 5. The van der Waals surface area contributed by atoms with Crippen molar-refractivity contribution in [2.45, 2.75) is 45.1 Å². The molecule has 1 fully saturated rings. The molecule has 1 aliphatic rings. The molecule has 22 heavy (non-hydrogen) atoms. The smallest absolute Gasteiger partial charge is 0.240 e. The van der Waals surface area contributed by atoms with Crippen LogP contribution >= 0.6 is 11.6 Å². The number of hydrogen-bond acceptors (Lipinski definition) is 2. The van der Waals surface area contributed by atoms with E-state index in [0.717, 1.165) is 31.2 Å². The Morgan fingerprint density at radius 3 is 2.91 bits per heavy atom. The van der Waals surface area contributed by atoms with Crippen molar-refractivity contribution >= 4 is 23.4 Å². The molecule has 1 aromatic carbocycles. The molecule has 0 aromatic heterocycles. The van der Waals surface area contributed by atoms with Gasteiger partial charge in [0.1, 0.15) is 0 Å². The quantitative estimate of drug-likeness (QED) is 0.904. The van der Waals surface area contributed by atoms with E-state index in [1.807, 2.05) is 31.2 Å². The lowest BCUT2D eigenvalue weighted by molar-refractivity contribution is -0.135. The number of nitrogens with one attached hydrogen (secondary N) is 1. The predicted octanol–water partition coefficient (Wildman–Crippen LogP) is 3.31. The van der Waals surface area contributed by atoms with E-state index in [4.69, 9.17) is 11.6 Å². The highest BCUT2D eigenvalue weighted by atomic mass is 35.5. The van der Waals surface area contributed by atoms with Gasteiger partial charge in [-0.15, -0.1) is 0 Å². The van der Waals surface area contributed by atoms with Gasteiger partial charge in [-0.05, 0) is 37.0 Å². The highest BCUT2D eigenvalue weighted by molar-refractivity contribution is 6.30. The van der Waals surface area contributed by atoms with E-state index in [1.165, 1.54) is 0 Å². The Labute approximate surface area is 136 Å². The van der Waals surface area contributed by atoms with Gasteiger partial charge in [-0.1, -0.05) is 37.1 Å². The van der Waals surface area contributed by atoms with E-state index in [1.54, 1.807) is 4.90 Å². The van der Waals surface area contributed by atoms with Crippen molar-refractivity contribution in [2.75, 3.05) is 13.1 Å². The van der Waals surface area contributed by atoms with Gasteiger partial charge in [-0.25, -0.2) is 0 Å². The van der Waals surface area contributed by atoms with E-state index in [-0.39, 0.29) is 24.4 Å². The lowest BCUT2D eigenvalue weighted by Gasteiger charge is -2.23. The molecule has 0 bridgehead atoms. The molecule has 1 atom stereocenters. The monoisotopic (exact) mass is 322 g/mol.